The molecular formula is C4H6N4O. The van der Waals surface area contributed by atoms with Crippen LogP contribution in [0.3, 0.4) is 0 Å². The molecule has 0 fully saturated rings. The van der Waals surface area contributed by atoms with Gasteiger partial charge in [0.15, 0.2) is 0 Å². The zero-order chi connectivity index (χ0) is 6.85. The minimum absolute atomic E-state index is 0.536. The van der Waals surface area contributed by atoms with Gasteiger partial charge in [-0.05, 0) is 6.92 Å². The van der Waals surface area contributed by atoms with Gasteiger partial charge >= 0.3 is 6.03 Å². The topological polar surface area (TPSA) is 73.8 Å². The summed E-state index contributed by atoms with van der Waals surface area (Å²) < 4.78 is 0.981. The Hall–Kier alpha value is -1.39. The van der Waals surface area contributed by atoms with Crippen molar-refractivity contribution in [2.24, 2.45) is 5.73 Å². The molecule has 2 N–H and O–H groups in total. The van der Waals surface area contributed by atoms with Gasteiger partial charge in [-0.2, -0.15) is 4.68 Å². The van der Waals surface area contributed by atoms with Gasteiger partial charge in [-0.25, -0.2) is 9.78 Å². The Balaban J connectivity index is 2.98. The zero-order valence-electron chi connectivity index (χ0n) is 4.90. The molecule has 1 heterocycles. The van der Waals surface area contributed by atoms with Crippen LogP contribution in [0.4, 0.5) is 4.79 Å². The molecule has 5 heteroatoms. The van der Waals surface area contributed by atoms with E-state index in [2.05, 4.69) is 10.1 Å². The van der Waals surface area contributed by atoms with E-state index in [0.29, 0.717) is 5.82 Å². The third-order valence-electron chi connectivity index (χ3n) is 0.832. The second-order valence-electron chi connectivity index (χ2n) is 1.57. The van der Waals surface area contributed by atoms with Crippen molar-refractivity contribution in [2.45, 2.75) is 6.92 Å². The van der Waals surface area contributed by atoms with Crippen LogP contribution in [-0.2, 0) is 0 Å². The second kappa shape index (κ2) is 1.85. The van der Waals surface area contributed by atoms with Gasteiger partial charge in [-0.15, -0.1) is 5.10 Å². The number of hydrogen-bond acceptors (Lipinski definition) is 3. The van der Waals surface area contributed by atoms with Crippen molar-refractivity contribution >= 4 is 6.03 Å². The van der Waals surface area contributed by atoms with Gasteiger partial charge in [0, 0.05) is 0 Å². The average Bonchev–Trinajstić information content (AvgIpc) is 2.14. The molecular weight excluding hydrogens is 120 g/mol. The average molecular weight is 126 g/mol. The van der Waals surface area contributed by atoms with Gasteiger partial charge in [-0.3, -0.25) is 0 Å². The summed E-state index contributed by atoms with van der Waals surface area (Å²) in [5, 5.41) is 3.64. The largest absolute Gasteiger partial charge is 0.350 e. The summed E-state index contributed by atoms with van der Waals surface area (Å²) in [4.78, 5) is 14.0. The minimum Gasteiger partial charge on any atom is -0.350 e. The summed E-state index contributed by atoms with van der Waals surface area (Å²) in [7, 11) is 0. The van der Waals surface area contributed by atoms with E-state index in [-0.39, 0.29) is 0 Å². The Labute approximate surface area is 51.5 Å². The molecule has 48 valence electrons. The maximum absolute atomic E-state index is 10.3. The summed E-state index contributed by atoms with van der Waals surface area (Å²) in [6, 6.07) is -0.615. The van der Waals surface area contributed by atoms with Crippen molar-refractivity contribution < 1.29 is 4.79 Å². The lowest BCUT2D eigenvalue weighted by molar-refractivity contribution is 0.247. The number of amides is 1. The van der Waals surface area contributed by atoms with Crippen molar-refractivity contribution in [3.8, 4) is 0 Å². The summed E-state index contributed by atoms with van der Waals surface area (Å²) in [6.07, 6.45) is 1.28. The van der Waals surface area contributed by atoms with Gasteiger partial charge in [0.2, 0.25) is 0 Å². The normalized spacial score (nSPS) is 9.44. The number of aromatic nitrogens is 3. The van der Waals surface area contributed by atoms with E-state index in [9.17, 15) is 4.79 Å². The first-order valence-corrected chi connectivity index (χ1v) is 2.38. The fourth-order valence-corrected chi connectivity index (χ4v) is 0.452. The van der Waals surface area contributed by atoms with Crippen LogP contribution in [-0.4, -0.2) is 20.8 Å². The molecule has 1 aromatic heterocycles. The molecule has 5 nitrogen and oxygen atoms in total. The molecule has 0 bridgehead atoms. The van der Waals surface area contributed by atoms with Crippen LogP contribution in [0.5, 0.6) is 0 Å². The SMILES string of the molecule is Cc1ncn(C(N)=O)n1. The quantitative estimate of drug-likeness (QED) is 0.509. The number of carbonyl (C=O) groups excluding carboxylic acids is 1. The zero-order valence-corrected chi connectivity index (χ0v) is 4.90. The van der Waals surface area contributed by atoms with E-state index in [1.807, 2.05) is 0 Å². The second-order valence-corrected chi connectivity index (χ2v) is 1.57. The number of primary amides is 1. The third kappa shape index (κ3) is 1.04. The maximum atomic E-state index is 10.3. The van der Waals surface area contributed by atoms with E-state index in [1.54, 1.807) is 6.92 Å². The lowest BCUT2D eigenvalue weighted by atomic mass is 10.8. The smallest absolute Gasteiger partial charge is 0.340 e. The third-order valence-corrected chi connectivity index (χ3v) is 0.832. The van der Waals surface area contributed by atoms with Gasteiger partial charge in [0.05, 0.1) is 0 Å². The molecule has 1 amide bonds. The van der Waals surface area contributed by atoms with Gasteiger partial charge in [0.1, 0.15) is 12.2 Å². The highest BCUT2D eigenvalue weighted by Gasteiger charge is 1.97. The number of aryl methyl sites for hydroxylation is 1. The maximum Gasteiger partial charge on any atom is 0.340 e. The molecule has 0 spiro atoms. The van der Waals surface area contributed by atoms with Gasteiger partial charge in [0.25, 0.3) is 0 Å². The van der Waals surface area contributed by atoms with Crippen molar-refractivity contribution in [3.05, 3.63) is 12.2 Å². The molecule has 0 atom stereocenters. The van der Waals surface area contributed by atoms with Crippen LogP contribution in [0.2, 0.25) is 0 Å². The molecule has 0 aliphatic rings. The van der Waals surface area contributed by atoms with E-state index in [1.165, 1.54) is 6.33 Å². The van der Waals surface area contributed by atoms with E-state index in [4.69, 9.17) is 5.73 Å². The van der Waals surface area contributed by atoms with Crippen LogP contribution in [0.25, 0.3) is 0 Å². The van der Waals surface area contributed by atoms with Crippen LogP contribution in [0.1, 0.15) is 5.82 Å². The highest BCUT2D eigenvalue weighted by Crippen LogP contribution is 1.82. The minimum atomic E-state index is -0.615. The number of rotatable bonds is 0. The lowest BCUT2D eigenvalue weighted by Gasteiger charge is -1.86. The first kappa shape index (κ1) is 5.74. The molecule has 0 saturated heterocycles. The van der Waals surface area contributed by atoms with Crippen LogP contribution >= 0.6 is 0 Å². The van der Waals surface area contributed by atoms with Crippen molar-refractivity contribution in [3.63, 3.8) is 0 Å². The van der Waals surface area contributed by atoms with Crippen LogP contribution < -0.4 is 5.73 Å². The Bertz CT molecular complexity index is 228. The lowest BCUT2D eigenvalue weighted by Crippen LogP contribution is -2.19. The van der Waals surface area contributed by atoms with Crippen molar-refractivity contribution in [1.82, 2.24) is 14.8 Å². The Kier molecular flexibility index (Phi) is 1.18. The Morgan fingerprint density at radius 3 is 2.78 bits per heavy atom. The predicted molar refractivity (Wildman–Crippen MR) is 29.7 cm³/mol. The van der Waals surface area contributed by atoms with E-state index in [0.717, 1.165) is 4.68 Å². The monoisotopic (exact) mass is 126 g/mol. The van der Waals surface area contributed by atoms with E-state index < -0.39 is 6.03 Å². The Morgan fingerprint density at radius 1 is 1.89 bits per heavy atom. The molecule has 0 saturated carbocycles. The standard InChI is InChI=1S/C4H6N4O/c1-3-6-2-8(7-3)4(5)9/h2H,1H3,(H2,5,9). The Morgan fingerprint density at radius 2 is 2.56 bits per heavy atom. The molecule has 9 heavy (non-hydrogen) atoms. The molecule has 0 aliphatic carbocycles. The highest BCUT2D eigenvalue weighted by molar-refractivity contribution is 5.73. The van der Waals surface area contributed by atoms with Gasteiger partial charge < -0.3 is 5.73 Å². The first-order chi connectivity index (χ1) is 4.20. The number of nitrogens with zero attached hydrogens (tertiary/aromatic N) is 3. The summed E-state index contributed by atoms with van der Waals surface area (Å²) in [5.74, 6) is 0.536. The van der Waals surface area contributed by atoms with Crippen LogP contribution in [0, 0.1) is 6.92 Å². The summed E-state index contributed by atoms with van der Waals surface area (Å²) in [6.45, 7) is 1.68. The predicted octanol–water partition coefficient (Wildman–Crippen LogP) is -0.487. The van der Waals surface area contributed by atoms with Crippen molar-refractivity contribution in [1.29, 1.82) is 0 Å². The number of hydrogen-bond donors (Lipinski definition) is 1. The summed E-state index contributed by atoms with van der Waals surface area (Å²) >= 11 is 0. The number of carbonyl (C=O) groups is 1. The van der Waals surface area contributed by atoms with E-state index >= 15 is 0 Å². The number of nitrogens with two attached hydrogens (primary N) is 1. The fraction of sp³-hybridized carbons (Fsp3) is 0.250. The van der Waals surface area contributed by atoms with Crippen molar-refractivity contribution in [2.75, 3.05) is 0 Å². The molecule has 0 aromatic carbocycles. The molecule has 0 unspecified atom stereocenters. The molecule has 1 rings (SSSR count). The molecule has 0 aliphatic heterocycles. The van der Waals surface area contributed by atoms with Gasteiger partial charge in [-0.1, -0.05) is 0 Å². The first-order valence-electron chi connectivity index (χ1n) is 2.38. The fourth-order valence-electron chi connectivity index (χ4n) is 0.452. The molecule has 1 aromatic rings. The van der Waals surface area contributed by atoms with Crippen LogP contribution in [0.15, 0.2) is 6.33 Å². The highest BCUT2D eigenvalue weighted by atomic mass is 16.2. The molecule has 0 radical (unpaired) electrons. The summed E-state index contributed by atoms with van der Waals surface area (Å²) in [5.41, 5.74) is 4.85.